The van der Waals surface area contributed by atoms with E-state index in [-0.39, 0.29) is 6.61 Å². The van der Waals surface area contributed by atoms with Crippen molar-refractivity contribution in [3.8, 4) is 0 Å². The molecule has 0 aliphatic carbocycles. The Kier molecular flexibility index (Phi) is 3.77. The molecule has 9 heavy (non-hydrogen) atoms. The van der Waals surface area contributed by atoms with E-state index in [9.17, 15) is 0 Å². The Morgan fingerprint density at radius 3 is 2.22 bits per heavy atom. The Labute approximate surface area is 55.7 Å². The highest BCUT2D eigenvalue weighted by molar-refractivity contribution is 4.76. The van der Waals surface area contributed by atoms with Crippen molar-refractivity contribution in [3.05, 3.63) is 0 Å². The predicted octanol–water partition coefficient (Wildman–Crippen LogP) is 0.516. The maximum atomic E-state index is 8.69. The van der Waals surface area contributed by atoms with Gasteiger partial charge in [-0.2, -0.15) is 5.48 Å². The molecule has 0 radical (unpaired) electrons. The van der Waals surface area contributed by atoms with Crippen LogP contribution in [0.1, 0.15) is 26.7 Å². The van der Waals surface area contributed by atoms with Gasteiger partial charge in [0.25, 0.3) is 0 Å². The van der Waals surface area contributed by atoms with Crippen molar-refractivity contribution in [1.82, 2.24) is 5.48 Å². The molecule has 3 nitrogen and oxygen atoms in total. The lowest BCUT2D eigenvalue weighted by Crippen LogP contribution is -2.43. The number of nitrogens with one attached hydrogen (secondary N) is 1. The van der Waals surface area contributed by atoms with Crippen molar-refractivity contribution in [1.29, 1.82) is 0 Å². The van der Waals surface area contributed by atoms with E-state index < -0.39 is 5.54 Å². The number of aliphatic hydroxyl groups is 1. The molecule has 3 N–H and O–H groups in total. The van der Waals surface area contributed by atoms with Crippen LogP contribution in [0.5, 0.6) is 0 Å². The van der Waals surface area contributed by atoms with Gasteiger partial charge in [0, 0.05) is 0 Å². The van der Waals surface area contributed by atoms with Crippen LogP contribution in [0, 0.1) is 0 Å². The molecule has 0 fully saturated rings. The maximum absolute atomic E-state index is 8.69. The van der Waals surface area contributed by atoms with E-state index in [1.807, 2.05) is 6.92 Å². The first-order valence-electron chi connectivity index (χ1n) is 3.20. The van der Waals surface area contributed by atoms with Crippen LogP contribution in [0.3, 0.4) is 0 Å². The molecule has 0 amide bonds. The Bertz CT molecular complexity index is 71.5. The summed E-state index contributed by atoms with van der Waals surface area (Å²) in [5, 5.41) is 17.2. The summed E-state index contributed by atoms with van der Waals surface area (Å²) in [6.07, 6.45) is 1.73. The molecule has 0 aliphatic rings. The lowest BCUT2D eigenvalue weighted by molar-refractivity contribution is 0.0271. The molecule has 1 unspecified atom stereocenters. The zero-order valence-electron chi connectivity index (χ0n) is 6.02. The Hall–Kier alpha value is -0.120. The van der Waals surface area contributed by atoms with E-state index in [4.69, 9.17) is 10.3 Å². The van der Waals surface area contributed by atoms with Gasteiger partial charge < -0.3 is 10.3 Å². The van der Waals surface area contributed by atoms with Gasteiger partial charge in [0.05, 0.1) is 12.1 Å². The van der Waals surface area contributed by atoms with Crippen LogP contribution in [0.15, 0.2) is 0 Å². The van der Waals surface area contributed by atoms with Crippen LogP contribution in [-0.4, -0.2) is 22.5 Å². The Morgan fingerprint density at radius 2 is 2.11 bits per heavy atom. The molecule has 0 heterocycles. The van der Waals surface area contributed by atoms with Gasteiger partial charge in [0.2, 0.25) is 0 Å². The Morgan fingerprint density at radius 1 is 1.56 bits per heavy atom. The molecular formula is C6H15NO2. The molecule has 0 aliphatic heterocycles. The molecule has 56 valence electrons. The van der Waals surface area contributed by atoms with Crippen molar-refractivity contribution in [3.63, 3.8) is 0 Å². The van der Waals surface area contributed by atoms with Gasteiger partial charge in [0.1, 0.15) is 0 Å². The van der Waals surface area contributed by atoms with Crippen LogP contribution in [0.2, 0.25) is 0 Å². The third-order valence-corrected chi connectivity index (χ3v) is 1.42. The zero-order valence-corrected chi connectivity index (χ0v) is 6.02. The summed E-state index contributed by atoms with van der Waals surface area (Å²) < 4.78 is 0. The highest BCUT2D eigenvalue weighted by Gasteiger charge is 2.19. The number of hydrogen-bond donors (Lipinski definition) is 3. The van der Waals surface area contributed by atoms with Crippen LogP contribution < -0.4 is 5.48 Å². The third kappa shape index (κ3) is 2.79. The zero-order chi connectivity index (χ0) is 7.33. The topological polar surface area (TPSA) is 52.5 Å². The van der Waals surface area contributed by atoms with E-state index in [2.05, 4.69) is 5.48 Å². The number of hydroxylamine groups is 1. The van der Waals surface area contributed by atoms with Crippen molar-refractivity contribution < 1.29 is 10.3 Å². The lowest BCUT2D eigenvalue weighted by Gasteiger charge is -2.23. The Balaban J connectivity index is 3.62. The quantitative estimate of drug-likeness (QED) is 0.490. The summed E-state index contributed by atoms with van der Waals surface area (Å²) in [7, 11) is 0. The number of aliphatic hydroxyl groups excluding tert-OH is 1. The van der Waals surface area contributed by atoms with Gasteiger partial charge in [-0.3, -0.25) is 0 Å². The summed E-state index contributed by atoms with van der Waals surface area (Å²) in [5.74, 6) is 0. The second kappa shape index (κ2) is 3.82. The first-order valence-corrected chi connectivity index (χ1v) is 3.20. The molecule has 0 aromatic heterocycles. The molecule has 0 aromatic rings. The smallest absolute Gasteiger partial charge is 0.0632 e. The van der Waals surface area contributed by atoms with E-state index in [0.717, 1.165) is 12.8 Å². The fourth-order valence-electron chi connectivity index (χ4n) is 0.722. The molecule has 0 bridgehead atoms. The fourth-order valence-corrected chi connectivity index (χ4v) is 0.722. The third-order valence-electron chi connectivity index (χ3n) is 1.42. The van der Waals surface area contributed by atoms with Gasteiger partial charge in [-0.25, -0.2) is 0 Å². The van der Waals surface area contributed by atoms with E-state index in [0.29, 0.717) is 0 Å². The number of hydrogen-bond acceptors (Lipinski definition) is 3. The van der Waals surface area contributed by atoms with Crippen LogP contribution in [0.4, 0.5) is 0 Å². The summed E-state index contributed by atoms with van der Waals surface area (Å²) in [4.78, 5) is 0. The fraction of sp³-hybridized carbons (Fsp3) is 1.00. The second-order valence-electron chi connectivity index (χ2n) is 2.58. The highest BCUT2D eigenvalue weighted by Crippen LogP contribution is 2.09. The van der Waals surface area contributed by atoms with E-state index in [1.54, 1.807) is 6.92 Å². The van der Waals surface area contributed by atoms with Crippen LogP contribution in [-0.2, 0) is 0 Å². The predicted molar refractivity (Wildman–Crippen MR) is 35.3 cm³/mol. The van der Waals surface area contributed by atoms with Crippen molar-refractivity contribution >= 4 is 0 Å². The monoisotopic (exact) mass is 133 g/mol. The summed E-state index contributed by atoms with van der Waals surface area (Å²) in [6, 6.07) is 0. The largest absolute Gasteiger partial charge is 0.394 e. The van der Waals surface area contributed by atoms with Gasteiger partial charge >= 0.3 is 0 Å². The van der Waals surface area contributed by atoms with Crippen LogP contribution >= 0.6 is 0 Å². The maximum Gasteiger partial charge on any atom is 0.0632 e. The highest BCUT2D eigenvalue weighted by atomic mass is 16.5. The van der Waals surface area contributed by atoms with E-state index in [1.165, 1.54) is 0 Å². The minimum atomic E-state index is -0.505. The standard InChI is InChI=1S/C6H15NO2/c1-3-4-6(2,5-8)7-9/h7-9H,3-5H2,1-2H3. The average Bonchev–Trinajstić information content (AvgIpc) is 1.89. The summed E-state index contributed by atoms with van der Waals surface area (Å²) in [6.45, 7) is 3.75. The molecule has 0 saturated heterocycles. The first kappa shape index (κ1) is 8.88. The lowest BCUT2D eigenvalue weighted by atomic mass is 9.99. The van der Waals surface area contributed by atoms with Crippen LogP contribution in [0.25, 0.3) is 0 Å². The molecule has 1 atom stereocenters. The SMILES string of the molecule is CCCC(C)(CO)NO. The first-order chi connectivity index (χ1) is 4.18. The minimum absolute atomic E-state index is 0.0304. The molecule has 0 spiro atoms. The summed E-state index contributed by atoms with van der Waals surface area (Å²) in [5.41, 5.74) is 1.57. The summed E-state index contributed by atoms with van der Waals surface area (Å²) >= 11 is 0. The van der Waals surface area contributed by atoms with Gasteiger partial charge in [-0.05, 0) is 13.3 Å². The minimum Gasteiger partial charge on any atom is -0.394 e. The van der Waals surface area contributed by atoms with Crippen molar-refractivity contribution in [2.45, 2.75) is 32.2 Å². The van der Waals surface area contributed by atoms with Gasteiger partial charge in [0.15, 0.2) is 0 Å². The normalized spacial score (nSPS) is 17.3. The molecule has 0 aromatic carbocycles. The van der Waals surface area contributed by atoms with Crippen molar-refractivity contribution in [2.75, 3.05) is 6.61 Å². The number of rotatable bonds is 4. The van der Waals surface area contributed by atoms with Gasteiger partial charge in [-0.15, -0.1) is 0 Å². The molecule has 0 rings (SSSR count). The molecule has 3 heteroatoms. The average molecular weight is 133 g/mol. The molecular weight excluding hydrogens is 118 g/mol. The molecule has 0 saturated carbocycles. The van der Waals surface area contributed by atoms with Gasteiger partial charge in [-0.1, -0.05) is 13.3 Å². The second-order valence-corrected chi connectivity index (χ2v) is 2.58. The van der Waals surface area contributed by atoms with Crippen molar-refractivity contribution in [2.24, 2.45) is 0 Å². The van der Waals surface area contributed by atoms with E-state index >= 15 is 0 Å².